The minimum absolute atomic E-state index is 0.0117. The Hall–Kier alpha value is -1.92. The van der Waals surface area contributed by atoms with E-state index in [1.807, 2.05) is 13.8 Å². The Balaban J connectivity index is 2.78. The van der Waals surface area contributed by atoms with Gasteiger partial charge in [-0.15, -0.1) is 13.2 Å². The monoisotopic (exact) mass is 275 g/mol. The highest BCUT2D eigenvalue weighted by Crippen LogP contribution is 2.26. The fourth-order valence-electron chi connectivity index (χ4n) is 1.37. The summed E-state index contributed by atoms with van der Waals surface area (Å²) in [6, 6.07) is 5.92. The van der Waals surface area contributed by atoms with Gasteiger partial charge in [0.25, 0.3) is 0 Å². The van der Waals surface area contributed by atoms with Crippen LogP contribution in [0.15, 0.2) is 29.3 Å². The second-order valence-electron chi connectivity index (χ2n) is 4.16. The van der Waals surface area contributed by atoms with Crippen LogP contribution in [0.3, 0.4) is 0 Å². The fourth-order valence-corrected chi connectivity index (χ4v) is 1.37. The van der Waals surface area contributed by atoms with E-state index in [0.717, 1.165) is 0 Å². The molecule has 0 aliphatic carbocycles. The number of para-hydroxylation sites is 1. The molecule has 0 fully saturated rings. The van der Waals surface area contributed by atoms with Crippen LogP contribution in [0.2, 0.25) is 0 Å². The SMILES string of the molecule is CC(C)NC(N)=NCc1ccccc1OC(F)(F)F. The summed E-state index contributed by atoms with van der Waals surface area (Å²) in [5.41, 5.74) is 5.89. The van der Waals surface area contributed by atoms with Crippen LogP contribution in [0, 0.1) is 0 Å². The van der Waals surface area contributed by atoms with E-state index in [9.17, 15) is 13.2 Å². The number of hydrogen-bond acceptors (Lipinski definition) is 2. The number of hydrogen-bond donors (Lipinski definition) is 2. The van der Waals surface area contributed by atoms with Crippen LogP contribution in [0.4, 0.5) is 13.2 Å². The lowest BCUT2D eigenvalue weighted by Gasteiger charge is -2.12. The van der Waals surface area contributed by atoms with E-state index in [1.165, 1.54) is 18.2 Å². The number of benzene rings is 1. The third-order valence-corrected chi connectivity index (χ3v) is 2.05. The summed E-state index contributed by atoms with van der Waals surface area (Å²) >= 11 is 0. The Bertz CT molecular complexity index is 444. The van der Waals surface area contributed by atoms with Gasteiger partial charge in [0, 0.05) is 11.6 Å². The van der Waals surface area contributed by atoms with Crippen molar-refractivity contribution in [3.63, 3.8) is 0 Å². The van der Waals surface area contributed by atoms with Crippen LogP contribution in [-0.4, -0.2) is 18.4 Å². The Morgan fingerprint density at radius 1 is 1.37 bits per heavy atom. The van der Waals surface area contributed by atoms with E-state index in [4.69, 9.17) is 5.73 Å². The normalized spacial score (nSPS) is 12.6. The first-order valence-electron chi connectivity index (χ1n) is 5.68. The number of aliphatic imine (C=N–C) groups is 1. The Morgan fingerprint density at radius 2 is 2.00 bits per heavy atom. The van der Waals surface area contributed by atoms with Crippen LogP contribution >= 0.6 is 0 Å². The smallest absolute Gasteiger partial charge is 0.405 e. The number of guanidine groups is 1. The highest BCUT2D eigenvalue weighted by Gasteiger charge is 2.31. The van der Waals surface area contributed by atoms with Gasteiger partial charge < -0.3 is 15.8 Å². The molecule has 0 saturated heterocycles. The van der Waals surface area contributed by atoms with E-state index < -0.39 is 6.36 Å². The standard InChI is InChI=1S/C12H16F3N3O/c1-8(2)18-11(16)17-7-9-5-3-4-6-10(9)19-12(13,14)15/h3-6,8H,7H2,1-2H3,(H3,16,17,18). The highest BCUT2D eigenvalue weighted by molar-refractivity contribution is 5.78. The molecule has 0 amide bonds. The quantitative estimate of drug-likeness (QED) is 0.655. The fraction of sp³-hybridized carbons (Fsp3) is 0.417. The first kappa shape index (κ1) is 15.1. The predicted molar refractivity (Wildman–Crippen MR) is 66.7 cm³/mol. The number of ether oxygens (including phenoxy) is 1. The molecule has 106 valence electrons. The maximum absolute atomic E-state index is 12.2. The largest absolute Gasteiger partial charge is 0.573 e. The van der Waals surface area contributed by atoms with Crippen molar-refractivity contribution in [2.75, 3.05) is 0 Å². The van der Waals surface area contributed by atoms with Crippen molar-refractivity contribution in [2.45, 2.75) is 32.8 Å². The predicted octanol–water partition coefficient (Wildman–Crippen LogP) is 2.40. The summed E-state index contributed by atoms with van der Waals surface area (Å²) < 4.78 is 40.5. The highest BCUT2D eigenvalue weighted by atomic mass is 19.4. The molecule has 0 saturated carbocycles. The van der Waals surface area contributed by atoms with E-state index in [0.29, 0.717) is 5.56 Å². The van der Waals surface area contributed by atoms with E-state index in [2.05, 4.69) is 15.0 Å². The van der Waals surface area contributed by atoms with Crippen molar-refractivity contribution in [3.8, 4) is 5.75 Å². The second kappa shape index (κ2) is 6.31. The molecule has 19 heavy (non-hydrogen) atoms. The molecule has 0 aliphatic heterocycles. The number of nitrogens with two attached hydrogens (primary N) is 1. The third-order valence-electron chi connectivity index (χ3n) is 2.05. The third kappa shape index (κ3) is 5.98. The van der Waals surface area contributed by atoms with Gasteiger partial charge in [0.1, 0.15) is 5.75 Å². The van der Waals surface area contributed by atoms with Gasteiger partial charge in [0.05, 0.1) is 6.54 Å². The summed E-state index contributed by atoms with van der Waals surface area (Å²) in [6.07, 6.45) is -4.72. The molecular weight excluding hydrogens is 259 g/mol. The van der Waals surface area contributed by atoms with E-state index in [-0.39, 0.29) is 24.3 Å². The molecule has 0 unspecified atom stereocenters. The van der Waals surface area contributed by atoms with Crippen LogP contribution in [0.1, 0.15) is 19.4 Å². The molecule has 0 spiro atoms. The molecule has 0 atom stereocenters. The molecule has 1 rings (SSSR count). The minimum atomic E-state index is -4.72. The lowest BCUT2D eigenvalue weighted by Crippen LogP contribution is -2.36. The van der Waals surface area contributed by atoms with Crippen molar-refractivity contribution in [1.82, 2.24) is 5.32 Å². The van der Waals surface area contributed by atoms with Crippen molar-refractivity contribution in [1.29, 1.82) is 0 Å². The second-order valence-corrected chi connectivity index (χ2v) is 4.16. The zero-order valence-corrected chi connectivity index (χ0v) is 10.7. The number of nitrogens with one attached hydrogen (secondary N) is 1. The van der Waals surface area contributed by atoms with Crippen molar-refractivity contribution in [2.24, 2.45) is 10.7 Å². The minimum Gasteiger partial charge on any atom is -0.405 e. The van der Waals surface area contributed by atoms with Crippen molar-refractivity contribution >= 4 is 5.96 Å². The van der Waals surface area contributed by atoms with Gasteiger partial charge in [-0.05, 0) is 19.9 Å². The van der Waals surface area contributed by atoms with Crippen molar-refractivity contribution < 1.29 is 17.9 Å². The van der Waals surface area contributed by atoms with Crippen LogP contribution in [-0.2, 0) is 6.54 Å². The topological polar surface area (TPSA) is 59.6 Å². The molecule has 0 heterocycles. The number of nitrogens with zero attached hydrogens (tertiary/aromatic N) is 1. The first-order chi connectivity index (χ1) is 8.78. The van der Waals surface area contributed by atoms with E-state index in [1.54, 1.807) is 6.07 Å². The molecular formula is C12H16F3N3O. The number of rotatable bonds is 4. The van der Waals surface area contributed by atoms with Crippen molar-refractivity contribution in [3.05, 3.63) is 29.8 Å². The van der Waals surface area contributed by atoms with Crippen LogP contribution in [0.5, 0.6) is 5.75 Å². The summed E-state index contributed by atoms with van der Waals surface area (Å²) in [4.78, 5) is 3.96. The average Bonchev–Trinajstić information content (AvgIpc) is 2.25. The maximum atomic E-state index is 12.2. The van der Waals surface area contributed by atoms with E-state index >= 15 is 0 Å². The molecule has 3 N–H and O–H groups in total. The zero-order chi connectivity index (χ0) is 14.5. The Labute approximate surface area is 109 Å². The Kier molecular flexibility index (Phi) is 5.02. The summed E-state index contributed by atoms with van der Waals surface area (Å²) in [5.74, 6) is -0.0899. The van der Waals surface area contributed by atoms with Gasteiger partial charge in [-0.2, -0.15) is 0 Å². The molecule has 7 heteroatoms. The molecule has 0 bridgehead atoms. The molecule has 4 nitrogen and oxygen atoms in total. The number of halogens is 3. The summed E-state index contributed by atoms with van der Waals surface area (Å²) in [7, 11) is 0. The Morgan fingerprint density at radius 3 is 2.58 bits per heavy atom. The summed E-state index contributed by atoms with van der Waals surface area (Å²) in [6.45, 7) is 3.77. The molecule has 0 aliphatic rings. The lowest BCUT2D eigenvalue weighted by atomic mass is 10.2. The molecule has 0 aromatic heterocycles. The van der Waals surface area contributed by atoms with Gasteiger partial charge in [-0.1, -0.05) is 18.2 Å². The summed E-state index contributed by atoms with van der Waals surface area (Å²) in [5, 5.41) is 2.85. The number of alkyl halides is 3. The van der Waals surface area contributed by atoms with Gasteiger partial charge in [0.15, 0.2) is 5.96 Å². The maximum Gasteiger partial charge on any atom is 0.573 e. The lowest BCUT2D eigenvalue weighted by molar-refractivity contribution is -0.274. The van der Waals surface area contributed by atoms with Gasteiger partial charge in [-0.25, -0.2) is 4.99 Å². The molecule has 0 radical (unpaired) electrons. The molecule has 1 aromatic carbocycles. The van der Waals surface area contributed by atoms with Crippen LogP contribution in [0.25, 0.3) is 0 Å². The van der Waals surface area contributed by atoms with Gasteiger partial charge in [0.2, 0.25) is 0 Å². The zero-order valence-electron chi connectivity index (χ0n) is 10.7. The van der Waals surface area contributed by atoms with Crippen LogP contribution < -0.4 is 15.8 Å². The van der Waals surface area contributed by atoms with Gasteiger partial charge >= 0.3 is 6.36 Å². The first-order valence-corrected chi connectivity index (χ1v) is 5.68. The molecule has 1 aromatic rings. The average molecular weight is 275 g/mol. The van der Waals surface area contributed by atoms with Gasteiger partial charge in [-0.3, -0.25) is 0 Å².